The summed E-state index contributed by atoms with van der Waals surface area (Å²) in [4.78, 5) is 15.2. The molecule has 1 aromatic rings. The fraction of sp³-hybridized carbons (Fsp3) is 0.333. The normalized spacial score (nSPS) is 12.5. The molecule has 4 nitrogen and oxygen atoms in total. The van der Waals surface area contributed by atoms with Gasteiger partial charge in [0.25, 0.3) is 0 Å². The summed E-state index contributed by atoms with van der Waals surface area (Å²) in [5.74, 6) is -0.201. The van der Waals surface area contributed by atoms with Crippen LogP contribution >= 0.6 is 0 Å². The van der Waals surface area contributed by atoms with Crippen LogP contribution < -0.4 is 5.73 Å². The van der Waals surface area contributed by atoms with Gasteiger partial charge in [0, 0.05) is 6.20 Å². The van der Waals surface area contributed by atoms with Crippen molar-refractivity contribution in [3.05, 3.63) is 23.9 Å². The van der Waals surface area contributed by atoms with Gasteiger partial charge in [-0.25, -0.2) is 4.98 Å². The van der Waals surface area contributed by atoms with E-state index in [4.69, 9.17) is 5.73 Å². The lowest BCUT2D eigenvalue weighted by Gasteiger charge is -2.07. The van der Waals surface area contributed by atoms with Crippen molar-refractivity contribution in [2.75, 3.05) is 5.73 Å². The summed E-state index contributed by atoms with van der Waals surface area (Å²) < 4.78 is 0. The van der Waals surface area contributed by atoms with E-state index >= 15 is 0 Å². The fourth-order valence-electron chi connectivity index (χ4n) is 0.991. The minimum atomic E-state index is -0.980. The Morgan fingerprint density at radius 2 is 2.46 bits per heavy atom. The average molecular weight is 180 g/mol. The molecule has 1 rings (SSSR count). The number of rotatable bonds is 3. The smallest absolute Gasteiger partial charge is 0.194 e. The number of hydrogen-bond acceptors (Lipinski definition) is 4. The lowest BCUT2D eigenvalue weighted by Crippen LogP contribution is -2.20. The van der Waals surface area contributed by atoms with Crippen LogP contribution in [0.4, 0.5) is 5.82 Å². The Morgan fingerprint density at radius 3 is 3.00 bits per heavy atom. The van der Waals surface area contributed by atoms with Gasteiger partial charge in [-0.3, -0.25) is 4.79 Å². The summed E-state index contributed by atoms with van der Waals surface area (Å²) in [6.45, 7) is 1.73. The van der Waals surface area contributed by atoms with Gasteiger partial charge in [-0.05, 0) is 18.6 Å². The Balaban J connectivity index is 2.95. The Morgan fingerprint density at radius 1 is 1.77 bits per heavy atom. The summed E-state index contributed by atoms with van der Waals surface area (Å²) in [5.41, 5.74) is 5.76. The molecule has 0 aliphatic rings. The van der Waals surface area contributed by atoms with Crippen molar-refractivity contribution >= 4 is 11.6 Å². The van der Waals surface area contributed by atoms with Gasteiger partial charge >= 0.3 is 0 Å². The summed E-state index contributed by atoms with van der Waals surface area (Å²) >= 11 is 0. The Bertz CT molecular complexity index is 312. The van der Waals surface area contributed by atoms with E-state index in [0.29, 0.717) is 6.42 Å². The number of nitrogens with zero attached hydrogens (tertiary/aromatic N) is 1. The molecular formula is C9H12N2O2. The number of carbonyl (C=O) groups excluding carboxylic acids is 1. The quantitative estimate of drug-likeness (QED) is 0.668. The van der Waals surface area contributed by atoms with Crippen LogP contribution in [0, 0.1) is 0 Å². The predicted molar refractivity (Wildman–Crippen MR) is 49.3 cm³/mol. The SMILES string of the molecule is CCC(O)C(=O)c1cccnc1N. The van der Waals surface area contributed by atoms with E-state index < -0.39 is 6.10 Å². The molecule has 13 heavy (non-hydrogen) atoms. The van der Waals surface area contributed by atoms with Gasteiger partial charge in [-0.2, -0.15) is 0 Å². The first kappa shape index (κ1) is 9.67. The van der Waals surface area contributed by atoms with Crippen LogP contribution in [-0.2, 0) is 0 Å². The first-order chi connectivity index (χ1) is 6.16. The zero-order valence-corrected chi connectivity index (χ0v) is 7.40. The molecule has 0 radical (unpaired) electrons. The molecule has 0 aromatic carbocycles. The minimum Gasteiger partial charge on any atom is -0.385 e. The summed E-state index contributed by atoms with van der Waals surface area (Å²) in [6.07, 6.45) is 0.906. The maximum absolute atomic E-state index is 11.4. The number of carbonyl (C=O) groups is 1. The van der Waals surface area contributed by atoms with Crippen molar-refractivity contribution in [1.29, 1.82) is 0 Å². The van der Waals surface area contributed by atoms with Gasteiger partial charge < -0.3 is 10.8 Å². The van der Waals surface area contributed by atoms with Crippen molar-refractivity contribution in [2.45, 2.75) is 19.4 Å². The second-order valence-electron chi connectivity index (χ2n) is 2.72. The van der Waals surface area contributed by atoms with Crippen molar-refractivity contribution in [3.8, 4) is 0 Å². The third-order valence-electron chi connectivity index (χ3n) is 1.79. The first-order valence-electron chi connectivity index (χ1n) is 4.09. The Hall–Kier alpha value is -1.42. The maximum atomic E-state index is 11.4. The molecule has 3 N–H and O–H groups in total. The predicted octanol–water partition coefficient (Wildman–Crippen LogP) is 0.617. The molecule has 0 saturated heterocycles. The van der Waals surface area contributed by atoms with E-state index in [2.05, 4.69) is 4.98 Å². The minimum absolute atomic E-state index is 0.167. The number of nitrogens with two attached hydrogens (primary N) is 1. The van der Waals surface area contributed by atoms with Gasteiger partial charge in [0.05, 0.1) is 5.56 Å². The van der Waals surface area contributed by atoms with Crippen molar-refractivity contribution in [3.63, 3.8) is 0 Å². The summed E-state index contributed by atoms with van der Waals surface area (Å²) in [5, 5.41) is 9.27. The second kappa shape index (κ2) is 4.00. The molecule has 1 unspecified atom stereocenters. The number of aromatic nitrogens is 1. The summed E-state index contributed by atoms with van der Waals surface area (Å²) in [6, 6.07) is 3.18. The monoisotopic (exact) mass is 180 g/mol. The van der Waals surface area contributed by atoms with Gasteiger partial charge in [-0.1, -0.05) is 6.92 Å². The number of anilines is 1. The van der Waals surface area contributed by atoms with Gasteiger partial charge in [0.15, 0.2) is 5.78 Å². The highest BCUT2D eigenvalue weighted by Crippen LogP contribution is 2.11. The van der Waals surface area contributed by atoms with Crippen LogP contribution in [0.5, 0.6) is 0 Å². The number of hydrogen-bond donors (Lipinski definition) is 2. The van der Waals surface area contributed by atoms with E-state index in [-0.39, 0.29) is 17.2 Å². The second-order valence-corrected chi connectivity index (χ2v) is 2.72. The molecule has 0 spiro atoms. The van der Waals surface area contributed by atoms with Gasteiger partial charge in [0.1, 0.15) is 11.9 Å². The molecule has 0 fully saturated rings. The van der Waals surface area contributed by atoms with E-state index in [1.54, 1.807) is 19.1 Å². The highest BCUT2D eigenvalue weighted by Gasteiger charge is 2.17. The largest absolute Gasteiger partial charge is 0.385 e. The molecular weight excluding hydrogens is 168 g/mol. The summed E-state index contributed by atoms with van der Waals surface area (Å²) in [7, 11) is 0. The van der Waals surface area contributed by atoms with Crippen molar-refractivity contribution in [2.24, 2.45) is 0 Å². The van der Waals surface area contributed by atoms with Crippen molar-refractivity contribution < 1.29 is 9.90 Å². The van der Waals surface area contributed by atoms with Crippen LogP contribution in [0.1, 0.15) is 23.7 Å². The Kier molecular flexibility index (Phi) is 2.97. The number of nitrogen functional groups attached to an aromatic ring is 1. The van der Waals surface area contributed by atoms with Crippen molar-refractivity contribution in [1.82, 2.24) is 4.98 Å². The van der Waals surface area contributed by atoms with Crippen LogP contribution in [0.15, 0.2) is 18.3 Å². The number of Topliss-reactive ketones (excluding diaryl/α,β-unsaturated/α-hetero) is 1. The zero-order chi connectivity index (χ0) is 9.84. The maximum Gasteiger partial charge on any atom is 0.194 e. The molecule has 0 amide bonds. The molecule has 0 aliphatic carbocycles. The van der Waals surface area contributed by atoms with Crippen LogP contribution in [0.2, 0.25) is 0 Å². The Labute approximate surface area is 76.4 Å². The number of aliphatic hydroxyl groups excluding tert-OH is 1. The lowest BCUT2D eigenvalue weighted by molar-refractivity contribution is 0.0741. The topological polar surface area (TPSA) is 76.2 Å². The average Bonchev–Trinajstić information content (AvgIpc) is 2.16. The molecule has 4 heteroatoms. The van der Waals surface area contributed by atoms with Gasteiger partial charge in [0.2, 0.25) is 0 Å². The lowest BCUT2D eigenvalue weighted by atomic mass is 10.1. The van der Waals surface area contributed by atoms with E-state index in [1.165, 1.54) is 6.20 Å². The first-order valence-corrected chi connectivity index (χ1v) is 4.09. The number of ketones is 1. The fourth-order valence-corrected chi connectivity index (χ4v) is 0.991. The standard InChI is InChI=1S/C9H12N2O2/c1-2-7(12)8(13)6-4-3-5-11-9(6)10/h3-5,7,12H,2H2,1H3,(H2,10,11). The molecule has 1 atom stereocenters. The van der Waals surface area contributed by atoms with E-state index in [9.17, 15) is 9.90 Å². The van der Waals surface area contributed by atoms with Gasteiger partial charge in [-0.15, -0.1) is 0 Å². The molecule has 0 bridgehead atoms. The molecule has 0 aliphatic heterocycles. The highest BCUT2D eigenvalue weighted by atomic mass is 16.3. The third-order valence-corrected chi connectivity index (χ3v) is 1.79. The molecule has 1 heterocycles. The molecule has 70 valence electrons. The van der Waals surface area contributed by atoms with E-state index in [0.717, 1.165) is 0 Å². The number of aliphatic hydroxyl groups is 1. The zero-order valence-electron chi connectivity index (χ0n) is 7.40. The van der Waals surface area contributed by atoms with Crippen LogP contribution in [0.3, 0.4) is 0 Å². The highest BCUT2D eigenvalue weighted by molar-refractivity contribution is 6.02. The van der Waals surface area contributed by atoms with E-state index in [1.807, 2.05) is 0 Å². The number of pyridine rings is 1. The molecule has 0 saturated carbocycles. The molecule has 1 aromatic heterocycles. The van der Waals surface area contributed by atoms with Crippen LogP contribution in [0.25, 0.3) is 0 Å². The van der Waals surface area contributed by atoms with Crippen LogP contribution in [-0.4, -0.2) is 22.0 Å². The third kappa shape index (κ3) is 2.03.